The number of hydrogen-bond acceptors (Lipinski definition) is 6. The van der Waals surface area contributed by atoms with E-state index in [0.29, 0.717) is 18.8 Å². The molecule has 6 heteroatoms. The summed E-state index contributed by atoms with van der Waals surface area (Å²) in [6.45, 7) is 14.6. The lowest BCUT2D eigenvalue weighted by Gasteiger charge is -2.30. The van der Waals surface area contributed by atoms with Crippen LogP contribution in [0.2, 0.25) is 0 Å². The van der Waals surface area contributed by atoms with E-state index in [1.807, 2.05) is 0 Å². The molecule has 3 heterocycles. The van der Waals surface area contributed by atoms with Crippen molar-refractivity contribution >= 4 is 17.7 Å². The van der Waals surface area contributed by atoms with Crippen LogP contribution >= 0.6 is 0 Å². The van der Waals surface area contributed by atoms with E-state index in [-0.39, 0.29) is 16.9 Å². The van der Waals surface area contributed by atoms with Crippen molar-refractivity contribution in [2.24, 2.45) is 0 Å². The number of rotatable bonds is 14. The molecule has 3 aromatic rings. The van der Waals surface area contributed by atoms with Gasteiger partial charge >= 0.3 is 0 Å². The van der Waals surface area contributed by atoms with E-state index >= 15 is 0 Å². The first-order chi connectivity index (χ1) is 19.7. The van der Waals surface area contributed by atoms with Crippen LogP contribution in [0.4, 0.5) is 11.4 Å². The maximum absolute atomic E-state index is 11.2. The van der Waals surface area contributed by atoms with Crippen LogP contribution in [-0.4, -0.2) is 70.6 Å². The van der Waals surface area contributed by atoms with Crippen molar-refractivity contribution in [3.8, 4) is 0 Å². The third kappa shape index (κ3) is 6.50. The lowest BCUT2D eigenvalue weighted by Crippen LogP contribution is -2.31. The minimum absolute atomic E-state index is 0.125. The first-order valence-corrected chi connectivity index (χ1v) is 14.8. The fourth-order valence-corrected chi connectivity index (χ4v) is 5.73. The number of hydrogen-bond donors (Lipinski definition) is 0. The summed E-state index contributed by atoms with van der Waals surface area (Å²) in [6.07, 6.45) is 1.91. The molecule has 3 atom stereocenters. The predicted molar refractivity (Wildman–Crippen MR) is 163 cm³/mol. The van der Waals surface area contributed by atoms with Crippen LogP contribution in [0, 0.1) is 0 Å². The lowest BCUT2D eigenvalue weighted by molar-refractivity contribution is -0.106. The topological polar surface area (TPSA) is 61.1 Å². The van der Waals surface area contributed by atoms with E-state index in [9.17, 15) is 4.79 Å². The minimum atomic E-state index is -0.155. The van der Waals surface area contributed by atoms with Gasteiger partial charge in [-0.1, -0.05) is 76.2 Å². The largest absolute Gasteiger partial charge is 0.371 e. The zero-order valence-electron chi connectivity index (χ0n) is 24.7. The summed E-state index contributed by atoms with van der Waals surface area (Å²) in [7, 11) is 0. The van der Waals surface area contributed by atoms with Crippen LogP contribution in [0.15, 0.2) is 72.8 Å². The van der Waals surface area contributed by atoms with Crippen molar-refractivity contribution in [1.29, 1.82) is 0 Å². The van der Waals surface area contributed by atoms with Crippen LogP contribution in [0.5, 0.6) is 0 Å². The maximum Gasteiger partial charge on any atom is 0.139 e. The number of carbonyl (C=O) groups excluding carboxylic acids is 1. The van der Waals surface area contributed by atoms with Gasteiger partial charge in [-0.05, 0) is 46.5 Å². The number of ether oxygens (including phenoxy) is 3. The summed E-state index contributed by atoms with van der Waals surface area (Å²) < 4.78 is 16.4. The third-order valence-electron chi connectivity index (χ3n) is 9.01. The highest BCUT2D eigenvalue weighted by Gasteiger charge is 2.32. The summed E-state index contributed by atoms with van der Waals surface area (Å²) in [6, 6.07) is 26.8. The molecule has 0 N–H and O–H groups in total. The van der Waals surface area contributed by atoms with Gasteiger partial charge in [0.15, 0.2) is 0 Å². The molecule has 6 rings (SSSR count). The molecule has 0 bridgehead atoms. The van der Waals surface area contributed by atoms with E-state index < -0.39 is 0 Å². The fraction of sp³-hybridized carbons (Fsp3) is 0.457. The number of carbonyl (C=O) groups is 1. The smallest absolute Gasteiger partial charge is 0.139 e. The second-order valence-corrected chi connectivity index (χ2v) is 12.8. The van der Waals surface area contributed by atoms with Crippen molar-refractivity contribution in [1.82, 2.24) is 0 Å². The van der Waals surface area contributed by atoms with Gasteiger partial charge in [-0.15, -0.1) is 0 Å². The Labute approximate surface area is 244 Å². The lowest BCUT2D eigenvalue weighted by atomic mass is 9.74. The Morgan fingerprint density at radius 1 is 0.585 bits per heavy atom. The van der Waals surface area contributed by atoms with Gasteiger partial charge in [0.25, 0.3) is 0 Å². The molecule has 6 nitrogen and oxygen atoms in total. The molecule has 3 fully saturated rings. The van der Waals surface area contributed by atoms with E-state index in [0.717, 1.165) is 51.4 Å². The normalized spacial score (nSPS) is 21.3. The molecule has 41 heavy (non-hydrogen) atoms. The van der Waals surface area contributed by atoms with Crippen molar-refractivity contribution in [3.63, 3.8) is 0 Å². The Hall–Kier alpha value is -3.19. The molecule has 0 amide bonds. The molecule has 0 aromatic heterocycles. The van der Waals surface area contributed by atoms with Gasteiger partial charge in [0.1, 0.15) is 6.29 Å². The number of anilines is 2. The fourth-order valence-electron chi connectivity index (χ4n) is 5.73. The van der Waals surface area contributed by atoms with Gasteiger partial charge in [-0.3, -0.25) is 0 Å². The Kier molecular flexibility index (Phi) is 7.66. The molecule has 0 saturated carbocycles. The summed E-state index contributed by atoms with van der Waals surface area (Å²) >= 11 is 0. The molecule has 3 aliphatic heterocycles. The summed E-state index contributed by atoms with van der Waals surface area (Å²) in [5, 5.41) is 0. The van der Waals surface area contributed by atoms with Crippen molar-refractivity contribution in [2.45, 2.75) is 56.8 Å². The van der Waals surface area contributed by atoms with E-state index in [1.54, 1.807) is 0 Å². The van der Waals surface area contributed by atoms with E-state index in [4.69, 9.17) is 14.2 Å². The van der Waals surface area contributed by atoms with Crippen LogP contribution in [0.3, 0.4) is 0 Å². The highest BCUT2D eigenvalue weighted by molar-refractivity contribution is 5.62. The molecule has 0 radical (unpaired) electrons. The Balaban J connectivity index is 1.15. The van der Waals surface area contributed by atoms with Gasteiger partial charge in [-0.2, -0.15) is 0 Å². The number of benzene rings is 3. The SMILES string of the molecule is CC(C)(c1ccc(N(CC=O)CC2CO2)cc1)c1ccc(C(C)(C)c2ccc(N(CC3CO3)CC3CO3)cc2)cc1. The first-order valence-electron chi connectivity index (χ1n) is 14.8. The van der Waals surface area contributed by atoms with Crippen molar-refractivity contribution in [2.75, 3.05) is 55.8 Å². The molecule has 3 saturated heterocycles. The molecular weight excluding hydrogens is 512 g/mol. The molecule has 0 spiro atoms. The average Bonchev–Trinajstić information content (AvgIpc) is 3.83. The van der Waals surface area contributed by atoms with Gasteiger partial charge in [-0.25, -0.2) is 0 Å². The molecule has 0 aliphatic carbocycles. The van der Waals surface area contributed by atoms with Gasteiger partial charge in [0, 0.05) is 41.8 Å². The van der Waals surface area contributed by atoms with E-state index in [2.05, 4.69) is 110 Å². The first kappa shape index (κ1) is 28.0. The second kappa shape index (κ2) is 11.2. The number of aldehydes is 1. The Bertz CT molecular complexity index is 1310. The molecule has 3 aromatic carbocycles. The molecular formula is C35H42N2O4. The second-order valence-electron chi connectivity index (χ2n) is 12.8. The summed E-state index contributed by atoms with van der Waals surface area (Å²) in [4.78, 5) is 15.7. The zero-order valence-corrected chi connectivity index (χ0v) is 24.7. The maximum atomic E-state index is 11.2. The van der Waals surface area contributed by atoms with Crippen LogP contribution in [0.1, 0.15) is 49.9 Å². The molecule has 3 aliphatic rings. The number of epoxide rings is 3. The number of nitrogens with zero attached hydrogens (tertiary/aromatic N) is 2. The van der Waals surface area contributed by atoms with Gasteiger partial charge in [0.05, 0.1) is 44.7 Å². The van der Waals surface area contributed by atoms with Crippen LogP contribution < -0.4 is 9.80 Å². The van der Waals surface area contributed by atoms with Crippen LogP contribution in [0.25, 0.3) is 0 Å². The van der Waals surface area contributed by atoms with Crippen LogP contribution in [-0.2, 0) is 29.8 Å². The molecule has 3 unspecified atom stereocenters. The average molecular weight is 555 g/mol. The predicted octanol–water partition coefficient (Wildman–Crippen LogP) is 5.35. The highest BCUT2D eigenvalue weighted by Crippen LogP contribution is 2.37. The van der Waals surface area contributed by atoms with Gasteiger partial charge in [0.2, 0.25) is 0 Å². The molecule has 216 valence electrons. The van der Waals surface area contributed by atoms with Gasteiger partial charge < -0.3 is 28.8 Å². The summed E-state index contributed by atoms with van der Waals surface area (Å²) in [5.74, 6) is 0. The summed E-state index contributed by atoms with van der Waals surface area (Å²) in [5.41, 5.74) is 7.12. The monoisotopic (exact) mass is 554 g/mol. The Morgan fingerprint density at radius 2 is 0.878 bits per heavy atom. The van der Waals surface area contributed by atoms with Crippen molar-refractivity contribution < 1.29 is 19.0 Å². The Morgan fingerprint density at radius 3 is 1.20 bits per heavy atom. The quantitative estimate of drug-likeness (QED) is 0.198. The highest BCUT2D eigenvalue weighted by atomic mass is 16.6. The van der Waals surface area contributed by atoms with E-state index in [1.165, 1.54) is 27.9 Å². The zero-order chi connectivity index (χ0) is 28.6. The minimum Gasteiger partial charge on any atom is -0.371 e. The third-order valence-corrected chi connectivity index (χ3v) is 9.01. The van der Waals surface area contributed by atoms with Crippen molar-refractivity contribution in [3.05, 3.63) is 95.1 Å². The standard InChI is InChI=1S/C35H42N2O4/c1-34(2,27-9-13-29(14-10-27)36(17-18-38)19-31-22-39-31)25-5-7-26(8-6-25)35(3,4)28-11-15-30(16-12-28)37(20-32-23-40-32)21-33-24-41-33/h5-16,18,31-33H,17,19-24H2,1-4H3.